The number of carbonyl (C=O) groups excluding carboxylic acids is 1. The number of amides is 1. The van der Waals surface area contributed by atoms with Gasteiger partial charge in [0.05, 0.1) is 22.9 Å². The molecule has 3 rings (SSSR count). The maximum Gasteiger partial charge on any atom is 0.409 e. The van der Waals surface area contributed by atoms with Gasteiger partial charge in [0.2, 0.25) is 0 Å². The van der Waals surface area contributed by atoms with E-state index in [9.17, 15) is 22.5 Å². The Balaban J connectivity index is 1.84. The molecule has 0 aliphatic rings. The predicted molar refractivity (Wildman–Crippen MR) is 119 cm³/mol. The highest BCUT2D eigenvalue weighted by molar-refractivity contribution is 7.90. The van der Waals surface area contributed by atoms with E-state index in [0.29, 0.717) is 17.9 Å². The van der Waals surface area contributed by atoms with E-state index >= 15 is 0 Å². The van der Waals surface area contributed by atoms with Crippen LogP contribution in [0.3, 0.4) is 0 Å². The van der Waals surface area contributed by atoms with Gasteiger partial charge in [-0.15, -0.1) is 0 Å². The van der Waals surface area contributed by atoms with Crippen molar-refractivity contribution in [3.63, 3.8) is 0 Å². The van der Waals surface area contributed by atoms with Crippen LogP contribution in [0.5, 0.6) is 5.75 Å². The first-order valence-corrected chi connectivity index (χ1v) is 11.6. The van der Waals surface area contributed by atoms with E-state index in [1.807, 2.05) is 13.8 Å². The third-order valence-electron chi connectivity index (χ3n) is 4.26. The van der Waals surface area contributed by atoms with Crippen molar-refractivity contribution in [3.8, 4) is 17.0 Å². The number of aromatic nitrogens is 2. The quantitative estimate of drug-likeness (QED) is 0.436. The first-order chi connectivity index (χ1) is 16.0. The van der Waals surface area contributed by atoms with Crippen LogP contribution < -0.4 is 9.46 Å². The van der Waals surface area contributed by atoms with Crippen molar-refractivity contribution in [1.29, 1.82) is 0 Å². The molecule has 34 heavy (non-hydrogen) atoms. The first-order valence-electron chi connectivity index (χ1n) is 9.76. The molecule has 0 atom stereocenters. The van der Waals surface area contributed by atoms with E-state index in [4.69, 9.17) is 21.5 Å². The number of rotatable bonds is 8. The molecule has 0 aliphatic heterocycles. The van der Waals surface area contributed by atoms with Gasteiger partial charge in [-0.2, -0.15) is 8.42 Å². The zero-order valence-corrected chi connectivity index (χ0v) is 19.5. The maximum atomic E-state index is 14.1. The number of nitrogens with one attached hydrogen (secondary N) is 1. The van der Waals surface area contributed by atoms with Crippen LogP contribution in [0.1, 0.15) is 24.2 Å². The summed E-state index contributed by atoms with van der Waals surface area (Å²) in [5.41, 5.74) is 0.295. The monoisotopic (exact) mass is 509 g/mol. The lowest BCUT2D eigenvalue weighted by Crippen LogP contribution is -2.31. The van der Waals surface area contributed by atoms with Gasteiger partial charge in [0.1, 0.15) is 11.6 Å². The van der Waals surface area contributed by atoms with E-state index in [1.165, 1.54) is 18.2 Å². The van der Waals surface area contributed by atoms with Crippen LogP contribution in [0.4, 0.5) is 10.2 Å². The van der Waals surface area contributed by atoms with Crippen LogP contribution in [0.2, 0.25) is 5.02 Å². The summed E-state index contributed by atoms with van der Waals surface area (Å²) in [6.07, 6.45) is 1.04. The second-order valence-electron chi connectivity index (χ2n) is 7.47. The highest BCUT2D eigenvalue weighted by Crippen LogP contribution is 2.28. The molecule has 2 aromatic heterocycles. The van der Waals surface area contributed by atoms with Crippen molar-refractivity contribution in [2.24, 2.45) is 5.92 Å². The van der Waals surface area contributed by atoms with Crippen LogP contribution in [-0.2, 0) is 10.0 Å². The van der Waals surface area contributed by atoms with Crippen molar-refractivity contribution in [1.82, 2.24) is 14.7 Å². The van der Waals surface area contributed by atoms with Crippen LogP contribution in [0.15, 0.2) is 53.7 Å². The largest absolute Gasteiger partial charge is 0.493 e. The molecule has 0 saturated heterocycles. The Morgan fingerprint density at radius 2 is 2.00 bits per heavy atom. The molecule has 2 heterocycles. The lowest BCUT2D eigenvalue weighted by atomic mass is 10.1. The van der Waals surface area contributed by atoms with Crippen molar-refractivity contribution in [2.45, 2.75) is 18.9 Å². The van der Waals surface area contributed by atoms with Gasteiger partial charge in [-0.25, -0.2) is 9.11 Å². The van der Waals surface area contributed by atoms with Gasteiger partial charge in [0.25, 0.3) is 10.9 Å². The minimum atomic E-state index is -4.51. The second-order valence-corrected chi connectivity index (χ2v) is 9.51. The number of sulfonamides is 1. The molecule has 13 heteroatoms. The predicted octanol–water partition coefficient (Wildman–Crippen LogP) is 3.89. The summed E-state index contributed by atoms with van der Waals surface area (Å²) in [7, 11) is -4.51. The second kappa shape index (κ2) is 10.1. The molecule has 0 unspecified atom stereocenters. The van der Waals surface area contributed by atoms with Crippen molar-refractivity contribution in [3.05, 3.63) is 70.0 Å². The smallest absolute Gasteiger partial charge is 0.409 e. The fraction of sp³-hybridized carbons (Fsp3) is 0.190. The van der Waals surface area contributed by atoms with E-state index in [0.717, 1.165) is 24.4 Å². The van der Waals surface area contributed by atoms with Gasteiger partial charge in [-0.3, -0.25) is 9.78 Å². The normalized spacial score (nSPS) is 11.3. The highest BCUT2D eigenvalue weighted by atomic mass is 35.5. The van der Waals surface area contributed by atoms with Crippen LogP contribution in [0.25, 0.3) is 11.3 Å². The molecule has 0 radical (unpaired) electrons. The fourth-order valence-electron chi connectivity index (χ4n) is 2.70. The summed E-state index contributed by atoms with van der Waals surface area (Å²) in [4.78, 5) is 30.4. The molecular formula is C21H19ClFN4O6S+. The summed E-state index contributed by atoms with van der Waals surface area (Å²) in [6, 6.07) is 8.53. The molecule has 0 fully saturated rings. The van der Waals surface area contributed by atoms with Crippen molar-refractivity contribution in [2.75, 3.05) is 6.61 Å². The third-order valence-corrected chi connectivity index (χ3v) is 5.80. The van der Waals surface area contributed by atoms with Gasteiger partial charge in [0, 0.05) is 30.0 Å². The number of nitrogens with zero attached hydrogens (tertiary/aromatic N) is 3. The highest BCUT2D eigenvalue weighted by Gasteiger charge is 2.28. The molecule has 0 saturated carbocycles. The third kappa shape index (κ3) is 6.02. The van der Waals surface area contributed by atoms with Crippen LogP contribution in [-0.4, -0.2) is 41.0 Å². The lowest BCUT2D eigenvalue weighted by molar-refractivity contribution is -0.732. The average Bonchev–Trinajstić information content (AvgIpc) is 2.77. The Morgan fingerprint density at radius 1 is 1.26 bits per heavy atom. The summed E-state index contributed by atoms with van der Waals surface area (Å²) in [5.74, 6) is -1.74. The fourth-order valence-corrected chi connectivity index (χ4v) is 3.87. The minimum absolute atomic E-state index is 0.144. The molecule has 1 aromatic carbocycles. The molecule has 1 amide bonds. The number of hydrogen-bond acceptors (Lipinski definition) is 7. The van der Waals surface area contributed by atoms with Gasteiger partial charge in [-0.1, -0.05) is 25.4 Å². The Hall–Kier alpha value is -3.64. The number of pyridine rings is 2. The molecule has 2 N–H and O–H groups in total. The molecular weight excluding hydrogens is 491 g/mol. The summed E-state index contributed by atoms with van der Waals surface area (Å²) in [6.45, 7) is 4.28. The number of benzene rings is 1. The Kier molecular flexibility index (Phi) is 7.42. The minimum Gasteiger partial charge on any atom is -0.493 e. The molecule has 0 bridgehead atoms. The first kappa shape index (κ1) is 25.0. The summed E-state index contributed by atoms with van der Waals surface area (Å²) in [5, 5.41) is 8.07. The Bertz CT molecular complexity index is 1370. The van der Waals surface area contributed by atoms with E-state index < -0.39 is 37.5 Å². The van der Waals surface area contributed by atoms with Gasteiger partial charge in [0.15, 0.2) is 4.92 Å². The number of hydrogen-bond donors (Lipinski definition) is 2. The summed E-state index contributed by atoms with van der Waals surface area (Å²) < 4.78 is 46.3. The molecule has 178 valence electrons. The lowest BCUT2D eigenvalue weighted by Gasteiger charge is -2.11. The van der Waals surface area contributed by atoms with E-state index in [-0.39, 0.29) is 22.2 Å². The van der Waals surface area contributed by atoms with Gasteiger partial charge < -0.3 is 9.94 Å². The van der Waals surface area contributed by atoms with Crippen molar-refractivity contribution >= 4 is 33.3 Å². The summed E-state index contributed by atoms with van der Waals surface area (Å²) >= 11 is 6.18. The zero-order chi connectivity index (χ0) is 25.0. The molecule has 0 aliphatic carbocycles. The number of carbonyl (C=O) groups is 1. The standard InChI is InChI=1S/C21H18ClFN4O6S/c1-12(2)11-33-15-7-13(6-14(23)8-15)18-9-17(22)16(10-24-18)21(28)26-34(31,32)20-5-3-4-19(25-20)27(29)30/h3-10,12H,11H2,1-2H3,(H-,26,28,29,30)/p+1. The van der Waals surface area contributed by atoms with Crippen molar-refractivity contribution < 1.29 is 32.5 Å². The molecule has 3 aromatic rings. The van der Waals surface area contributed by atoms with Crippen LogP contribution >= 0.6 is 11.6 Å². The maximum absolute atomic E-state index is 14.1. The SMILES string of the molecule is CC(C)COc1cc(F)cc(-c2cc(Cl)c(C(=O)NS(=O)(=O)c3cccc([N+](=O)O)n3)cn2)c1. The Morgan fingerprint density at radius 3 is 2.65 bits per heavy atom. The topological polar surface area (TPSA) is 139 Å². The van der Waals surface area contributed by atoms with Gasteiger partial charge in [-0.05, 0) is 40.1 Å². The van der Waals surface area contributed by atoms with Gasteiger partial charge >= 0.3 is 15.8 Å². The molecule has 10 nitrogen and oxygen atoms in total. The number of ether oxygens (including phenoxy) is 1. The number of halogens is 2. The van der Waals surface area contributed by atoms with E-state index in [1.54, 1.807) is 10.8 Å². The zero-order valence-electron chi connectivity index (χ0n) is 17.9. The molecule has 0 spiro atoms. The average molecular weight is 510 g/mol. The Labute approximate surface area is 199 Å². The van der Waals surface area contributed by atoms with E-state index in [2.05, 4.69) is 9.97 Å². The van der Waals surface area contributed by atoms with Crippen LogP contribution in [0, 0.1) is 16.6 Å².